The van der Waals surface area contributed by atoms with Crippen molar-refractivity contribution >= 4 is 35.8 Å². The number of fused-ring (bicyclic) bond motifs is 1. The van der Waals surface area contributed by atoms with E-state index in [1.165, 1.54) is 0 Å². The lowest BCUT2D eigenvalue weighted by Gasteiger charge is -2.20. The van der Waals surface area contributed by atoms with Gasteiger partial charge < -0.3 is 10.6 Å². The van der Waals surface area contributed by atoms with Crippen LogP contribution in [0.25, 0.3) is 0 Å². The first-order chi connectivity index (χ1) is 9.47. The van der Waals surface area contributed by atoms with Gasteiger partial charge in [0.2, 0.25) is 0 Å². The molecule has 0 spiro atoms. The molecular weight excluding hydrogens is 325 g/mol. The predicted molar refractivity (Wildman–Crippen MR) is 81.3 cm³/mol. The number of hydrogen-bond donors (Lipinski definition) is 2. The highest BCUT2D eigenvalue weighted by molar-refractivity contribution is 8.00. The minimum Gasteiger partial charge on any atom is -0.385 e. The molecule has 3 nitrogen and oxygen atoms in total. The van der Waals surface area contributed by atoms with Gasteiger partial charge in [-0.3, -0.25) is 4.79 Å². The van der Waals surface area contributed by atoms with E-state index in [-0.39, 0.29) is 42.4 Å². The van der Waals surface area contributed by atoms with Gasteiger partial charge in [0.25, 0.3) is 5.91 Å². The van der Waals surface area contributed by atoms with Gasteiger partial charge in [0.15, 0.2) is 0 Å². The van der Waals surface area contributed by atoms with Crippen LogP contribution >= 0.6 is 24.2 Å². The van der Waals surface area contributed by atoms with Crippen LogP contribution in [0.5, 0.6) is 0 Å². The number of carbonyl (C=O) groups excluding carboxylic acids is 1. The van der Waals surface area contributed by atoms with Crippen LogP contribution in [0.4, 0.5) is 18.9 Å². The molecule has 0 unspecified atom stereocenters. The van der Waals surface area contributed by atoms with Gasteiger partial charge >= 0.3 is 5.51 Å². The van der Waals surface area contributed by atoms with Gasteiger partial charge in [-0.2, -0.15) is 13.2 Å². The SMILES string of the molecule is Cl.O=C(NCCSC(F)(F)F)c1cccc2c1CCCN2. The number of amides is 1. The highest BCUT2D eigenvalue weighted by Gasteiger charge is 2.27. The Morgan fingerprint density at radius 3 is 2.86 bits per heavy atom. The number of nitrogens with one attached hydrogen (secondary N) is 2. The van der Waals surface area contributed by atoms with E-state index in [1.807, 2.05) is 6.07 Å². The number of anilines is 1. The minimum absolute atomic E-state index is 0. The lowest BCUT2D eigenvalue weighted by molar-refractivity contribution is -0.0327. The van der Waals surface area contributed by atoms with E-state index in [0.29, 0.717) is 5.56 Å². The second-order valence-electron chi connectivity index (χ2n) is 4.41. The van der Waals surface area contributed by atoms with Crippen molar-refractivity contribution in [1.29, 1.82) is 0 Å². The number of halogens is 4. The predicted octanol–water partition coefficient (Wildman–Crippen LogP) is 3.45. The number of benzene rings is 1. The summed E-state index contributed by atoms with van der Waals surface area (Å²) in [6, 6.07) is 5.39. The van der Waals surface area contributed by atoms with E-state index in [1.54, 1.807) is 12.1 Å². The molecule has 0 aliphatic carbocycles. The van der Waals surface area contributed by atoms with Crippen molar-refractivity contribution in [3.05, 3.63) is 29.3 Å². The molecule has 1 heterocycles. The summed E-state index contributed by atoms with van der Waals surface area (Å²) in [4.78, 5) is 12.0. The third kappa shape index (κ3) is 5.32. The molecular formula is C13H16ClF3N2OS. The van der Waals surface area contributed by atoms with Crippen LogP contribution in [-0.4, -0.2) is 30.3 Å². The Morgan fingerprint density at radius 1 is 1.38 bits per heavy atom. The van der Waals surface area contributed by atoms with Crippen LogP contribution in [0.15, 0.2) is 18.2 Å². The van der Waals surface area contributed by atoms with Crippen molar-refractivity contribution in [1.82, 2.24) is 5.32 Å². The van der Waals surface area contributed by atoms with E-state index in [4.69, 9.17) is 0 Å². The molecule has 0 saturated heterocycles. The van der Waals surface area contributed by atoms with E-state index in [0.717, 1.165) is 30.6 Å². The summed E-state index contributed by atoms with van der Waals surface area (Å²) < 4.78 is 35.9. The van der Waals surface area contributed by atoms with E-state index in [2.05, 4.69) is 10.6 Å². The van der Waals surface area contributed by atoms with Crippen molar-refractivity contribution in [2.75, 3.05) is 24.2 Å². The zero-order valence-corrected chi connectivity index (χ0v) is 12.8. The van der Waals surface area contributed by atoms with Gasteiger partial charge in [-0.05, 0) is 42.3 Å². The summed E-state index contributed by atoms with van der Waals surface area (Å²) >= 11 is -0.128. The summed E-state index contributed by atoms with van der Waals surface area (Å²) in [7, 11) is 0. The molecule has 0 aromatic heterocycles. The highest BCUT2D eigenvalue weighted by atomic mass is 35.5. The van der Waals surface area contributed by atoms with Crippen molar-refractivity contribution in [2.45, 2.75) is 18.3 Å². The highest BCUT2D eigenvalue weighted by Crippen LogP contribution is 2.29. The maximum atomic E-state index is 12.0. The summed E-state index contributed by atoms with van der Waals surface area (Å²) in [5, 5.41) is 5.75. The first-order valence-corrected chi connectivity index (χ1v) is 7.30. The number of carbonyl (C=O) groups is 1. The molecule has 1 aliphatic rings. The molecule has 2 N–H and O–H groups in total. The number of thioether (sulfide) groups is 1. The smallest absolute Gasteiger partial charge is 0.385 e. The Hall–Kier alpha value is -1.08. The quantitative estimate of drug-likeness (QED) is 0.825. The van der Waals surface area contributed by atoms with Crippen LogP contribution in [0.1, 0.15) is 22.3 Å². The number of alkyl halides is 3. The van der Waals surface area contributed by atoms with Crippen LogP contribution in [0, 0.1) is 0 Å². The van der Waals surface area contributed by atoms with Crippen molar-refractivity contribution in [3.63, 3.8) is 0 Å². The molecule has 1 aromatic carbocycles. The normalized spacial score (nSPS) is 13.7. The molecule has 1 amide bonds. The number of hydrogen-bond acceptors (Lipinski definition) is 3. The van der Waals surface area contributed by atoms with Crippen molar-refractivity contribution < 1.29 is 18.0 Å². The molecule has 8 heteroatoms. The Morgan fingerprint density at radius 2 is 2.14 bits per heavy atom. The first kappa shape index (κ1) is 18.0. The van der Waals surface area contributed by atoms with Crippen molar-refractivity contribution in [2.24, 2.45) is 0 Å². The maximum Gasteiger partial charge on any atom is 0.441 e. The summed E-state index contributed by atoms with van der Waals surface area (Å²) in [6.45, 7) is 0.875. The standard InChI is InChI=1S/C13H15F3N2OS.ClH/c14-13(15,16)20-8-7-18-12(19)10-3-1-5-11-9(10)4-2-6-17-11;/h1,3,5,17H,2,4,6-8H2,(H,18,19);1H. The minimum atomic E-state index is -4.25. The topological polar surface area (TPSA) is 41.1 Å². The molecule has 0 saturated carbocycles. The molecule has 0 bridgehead atoms. The van der Waals surface area contributed by atoms with E-state index >= 15 is 0 Å². The van der Waals surface area contributed by atoms with Crippen LogP contribution in [0.3, 0.4) is 0 Å². The van der Waals surface area contributed by atoms with Crippen LogP contribution in [0.2, 0.25) is 0 Å². The van der Waals surface area contributed by atoms with Gasteiger partial charge in [0, 0.05) is 30.1 Å². The van der Waals surface area contributed by atoms with E-state index in [9.17, 15) is 18.0 Å². The monoisotopic (exact) mass is 340 g/mol. The summed E-state index contributed by atoms with van der Waals surface area (Å²) in [5.74, 6) is -0.490. The largest absolute Gasteiger partial charge is 0.441 e. The molecule has 1 aliphatic heterocycles. The third-order valence-corrected chi connectivity index (χ3v) is 3.73. The van der Waals surface area contributed by atoms with Crippen LogP contribution in [-0.2, 0) is 6.42 Å². The molecule has 0 atom stereocenters. The van der Waals surface area contributed by atoms with Gasteiger partial charge in [-0.25, -0.2) is 0 Å². The Kier molecular flexibility index (Phi) is 6.67. The summed E-state index contributed by atoms with van der Waals surface area (Å²) in [5.41, 5.74) is -1.82. The maximum absolute atomic E-state index is 12.0. The molecule has 0 radical (unpaired) electrons. The molecule has 1 aromatic rings. The first-order valence-electron chi connectivity index (χ1n) is 6.32. The van der Waals surface area contributed by atoms with Gasteiger partial charge in [0.05, 0.1) is 0 Å². The zero-order valence-electron chi connectivity index (χ0n) is 11.1. The molecule has 21 heavy (non-hydrogen) atoms. The van der Waals surface area contributed by atoms with Gasteiger partial charge in [0.1, 0.15) is 0 Å². The lowest BCUT2D eigenvalue weighted by Crippen LogP contribution is -2.28. The average Bonchev–Trinajstić information content (AvgIpc) is 2.41. The third-order valence-electron chi connectivity index (χ3n) is 2.99. The molecule has 118 valence electrons. The Balaban J connectivity index is 0.00000220. The Labute approximate surface area is 131 Å². The van der Waals surface area contributed by atoms with Gasteiger partial charge in [-0.15, -0.1) is 12.4 Å². The lowest BCUT2D eigenvalue weighted by atomic mass is 9.97. The fourth-order valence-corrected chi connectivity index (χ4v) is 2.58. The fourth-order valence-electron chi connectivity index (χ4n) is 2.15. The van der Waals surface area contributed by atoms with Gasteiger partial charge in [-0.1, -0.05) is 6.07 Å². The summed E-state index contributed by atoms with van der Waals surface area (Å²) in [6.07, 6.45) is 1.75. The van der Waals surface area contributed by atoms with Crippen molar-refractivity contribution in [3.8, 4) is 0 Å². The Bertz CT molecular complexity index is 497. The second-order valence-corrected chi connectivity index (χ2v) is 5.57. The van der Waals surface area contributed by atoms with E-state index < -0.39 is 5.51 Å². The van der Waals surface area contributed by atoms with Crippen LogP contribution < -0.4 is 10.6 Å². The zero-order chi connectivity index (χ0) is 14.6. The fraction of sp³-hybridized carbons (Fsp3) is 0.462. The average molecular weight is 341 g/mol. The molecule has 0 fully saturated rings. The second kappa shape index (κ2) is 7.79. The number of rotatable bonds is 4. The molecule has 2 rings (SSSR count).